The second-order valence-electron chi connectivity index (χ2n) is 4.70. The van der Waals surface area contributed by atoms with Crippen molar-refractivity contribution in [2.24, 2.45) is 0 Å². The molecule has 0 heterocycles. The summed E-state index contributed by atoms with van der Waals surface area (Å²) >= 11 is 12.7. The van der Waals surface area contributed by atoms with Crippen LogP contribution in [0.5, 0.6) is 0 Å². The van der Waals surface area contributed by atoms with Crippen LogP contribution in [0.1, 0.15) is 59.3 Å². The zero-order valence-corrected chi connectivity index (χ0v) is 20.3. The van der Waals surface area contributed by atoms with Crippen LogP contribution in [-0.4, -0.2) is 59.8 Å². The average molecular weight is 518 g/mol. The first kappa shape index (κ1) is 32.6. The van der Waals surface area contributed by atoms with Crippen LogP contribution in [0.2, 0.25) is 0 Å². The number of carbonyl (C=O) groups excluding carboxylic acids is 3. The summed E-state index contributed by atoms with van der Waals surface area (Å²) in [7, 11) is 0. The van der Waals surface area contributed by atoms with Gasteiger partial charge in [-0.15, -0.1) is 0 Å². The first-order valence-corrected chi connectivity index (χ1v) is 9.38. The van der Waals surface area contributed by atoms with Crippen molar-refractivity contribution >= 4 is 78.0 Å². The van der Waals surface area contributed by atoms with Crippen molar-refractivity contribution in [2.45, 2.75) is 59.3 Å². The van der Waals surface area contributed by atoms with Gasteiger partial charge in [0.15, 0.2) is 0 Å². The first-order valence-electron chi connectivity index (χ1n) is 8.16. The number of rotatable bonds is 9. The van der Waals surface area contributed by atoms with Gasteiger partial charge in [-0.1, -0.05) is 40.0 Å². The maximum Gasteiger partial charge on any atom is 3.00 e. The summed E-state index contributed by atoms with van der Waals surface area (Å²) in [6, 6.07) is 0. The van der Waals surface area contributed by atoms with Crippen molar-refractivity contribution in [1.82, 2.24) is 16.0 Å². The summed E-state index contributed by atoms with van der Waals surface area (Å²) in [6.07, 6.45) is 6.33. The molecular weight excluding hydrogens is 488 g/mol. The van der Waals surface area contributed by atoms with E-state index in [1.807, 2.05) is 0 Å². The van der Waals surface area contributed by atoms with E-state index in [1.165, 1.54) is 0 Å². The van der Waals surface area contributed by atoms with E-state index in [4.69, 9.17) is 0 Å². The minimum absolute atomic E-state index is 0. The van der Waals surface area contributed by atoms with Gasteiger partial charge < -0.3 is 68.2 Å². The van der Waals surface area contributed by atoms with Gasteiger partial charge in [-0.3, -0.25) is 0 Å². The Morgan fingerprint density at radius 3 is 0.920 bits per heavy atom. The molecule has 0 aromatic carbocycles. The third-order valence-electron chi connectivity index (χ3n) is 2.40. The number of unbranched alkanes of at least 4 members (excludes halogenated alkanes) is 3. The molecule has 2 radical (unpaired) electrons. The van der Waals surface area contributed by atoms with E-state index in [1.54, 1.807) is 0 Å². The summed E-state index contributed by atoms with van der Waals surface area (Å²) in [5.41, 5.74) is 0. The third kappa shape index (κ3) is 51.6. The quantitative estimate of drug-likeness (QED) is 0.247. The number of carbonyl (C=O) groups is 3. The average Bonchev–Trinajstić information content (AvgIpc) is 2.48. The van der Waals surface area contributed by atoms with E-state index in [-0.39, 0.29) is 40.1 Å². The van der Waals surface area contributed by atoms with E-state index in [9.17, 15) is 14.4 Å². The topological polar surface area (TPSA) is 87.3 Å². The molecule has 0 spiro atoms. The molecule has 3 N–H and O–H groups in total. The van der Waals surface area contributed by atoms with Gasteiger partial charge in [0, 0.05) is 19.6 Å². The number of amides is 3. The van der Waals surface area contributed by atoms with Crippen molar-refractivity contribution in [3.63, 3.8) is 0 Å². The van der Waals surface area contributed by atoms with E-state index >= 15 is 0 Å². The molecule has 6 nitrogen and oxygen atoms in total. The van der Waals surface area contributed by atoms with Gasteiger partial charge in [0.25, 0.3) is 0 Å². The Labute approximate surface area is 186 Å². The Hall–Kier alpha value is -0.112. The van der Waals surface area contributed by atoms with Gasteiger partial charge in [0.2, 0.25) is 0 Å². The molecule has 0 rings (SSSR count). The van der Waals surface area contributed by atoms with Crippen LogP contribution in [0.4, 0.5) is 14.4 Å². The zero-order chi connectivity index (χ0) is 19.2. The minimum atomic E-state index is -0.349. The molecule has 0 fully saturated rings. The second kappa shape index (κ2) is 28.7. The van der Waals surface area contributed by atoms with E-state index in [0.29, 0.717) is 0 Å². The Bertz CT molecular complexity index is 278. The molecule has 25 heavy (non-hydrogen) atoms. The summed E-state index contributed by atoms with van der Waals surface area (Å²) in [4.78, 5) is 30.1. The Morgan fingerprint density at radius 2 is 0.800 bits per heavy atom. The van der Waals surface area contributed by atoms with Crippen molar-refractivity contribution in [2.75, 3.05) is 19.6 Å². The summed E-state index contributed by atoms with van der Waals surface area (Å²) < 4.78 is 0. The molecule has 0 bridgehead atoms. The predicted molar refractivity (Wildman–Crippen MR) is 113 cm³/mol. The largest absolute Gasteiger partial charge is 3.00 e. The summed E-state index contributed by atoms with van der Waals surface area (Å²) in [5, 5.41) is 6.52. The molecule has 0 unspecified atom stereocenters. The van der Waals surface area contributed by atoms with Gasteiger partial charge in [-0.05, 0) is 19.3 Å². The first-order chi connectivity index (χ1) is 11.3. The molecule has 0 aliphatic rings. The molecule has 0 atom stereocenters. The van der Waals surface area contributed by atoms with Crippen LogP contribution in [0.15, 0.2) is 0 Å². The molecule has 10 heteroatoms. The van der Waals surface area contributed by atoms with Gasteiger partial charge >= 0.3 is 24.4 Å². The van der Waals surface area contributed by atoms with Crippen LogP contribution in [-0.2, 0) is 37.9 Å². The van der Waals surface area contributed by atoms with Crippen molar-refractivity contribution in [3.8, 4) is 0 Å². The smallest absolute Gasteiger partial charge is 0.719 e. The van der Waals surface area contributed by atoms with E-state index in [0.717, 1.165) is 58.2 Å². The molecule has 0 aromatic rings. The molecule has 146 valence electrons. The maximum absolute atomic E-state index is 10.0. The molecule has 0 aliphatic heterocycles. The van der Waals surface area contributed by atoms with E-state index < -0.39 is 0 Å². The fourth-order valence-electron chi connectivity index (χ4n) is 1.10. The molecular formula is C15H30N3O3S3Sb. The van der Waals surface area contributed by atoms with Gasteiger partial charge in [0.1, 0.15) is 0 Å². The molecule has 3 amide bonds. The molecule has 0 aliphatic carbocycles. The Morgan fingerprint density at radius 1 is 0.600 bits per heavy atom. The number of hydrogen-bond acceptors (Lipinski definition) is 6. The minimum Gasteiger partial charge on any atom is -0.719 e. The van der Waals surface area contributed by atoms with Crippen molar-refractivity contribution < 1.29 is 14.4 Å². The predicted octanol–water partition coefficient (Wildman–Crippen LogP) is 2.75. The van der Waals surface area contributed by atoms with Crippen LogP contribution < -0.4 is 16.0 Å². The van der Waals surface area contributed by atoms with Crippen LogP contribution in [0.25, 0.3) is 0 Å². The maximum atomic E-state index is 10.0. The fourth-order valence-corrected chi connectivity index (χ4v) is 1.41. The number of hydrogen-bond donors (Lipinski definition) is 3. The van der Waals surface area contributed by atoms with Gasteiger partial charge in [0.05, 0.1) is 15.7 Å². The monoisotopic (exact) mass is 517 g/mol. The zero-order valence-electron chi connectivity index (χ0n) is 15.3. The van der Waals surface area contributed by atoms with Gasteiger partial charge in [-0.2, -0.15) is 0 Å². The van der Waals surface area contributed by atoms with Crippen molar-refractivity contribution in [1.29, 1.82) is 0 Å². The normalized spacial score (nSPS) is 8.28. The van der Waals surface area contributed by atoms with Crippen molar-refractivity contribution in [3.05, 3.63) is 0 Å². The van der Waals surface area contributed by atoms with Crippen LogP contribution in [0.3, 0.4) is 0 Å². The second-order valence-corrected chi connectivity index (χ2v) is 5.82. The molecule has 0 aromatic heterocycles. The molecule has 0 saturated heterocycles. The molecule has 0 saturated carbocycles. The van der Waals surface area contributed by atoms with E-state index in [2.05, 4.69) is 74.6 Å². The Kier molecular flexibility index (Phi) is 37.3. The standard InChI is InChI=1S/3C5H11NOS.Sb/c3*1-2-3-4-6-5(7)8;/h3*2-4H2,1H3,(H2,6,7,8);/q;;;+3/p-3. The number of nitrogens with one attached hydrogen (secondary N) is 3. The fraction of sp³-hybridized carbons (Fsp3) is 0.800. The van der Waals surface area contributed by atoms with Crippen LogP contribution in [0, 0.1) is 0 Å². The third-order valence-corrected chi connectivity index (χ3v) is 2.83. The van der Waals surface area contributed by atoms with Crippen LogP contribution >= 0.6 is 0 Å². The SMILES string of the molecule is CCCCNC(=O)[S-].CCCCNC(=O)[S-].CCCCNC(=O)[S-].[Sb+3]. The summed E-state index contributed by atoms with van der Waals surface area (Å²) in [5.74, 6) is 0. The Balaban J connectivity index is -0.000000130. The summed E-state index contributed by atoms with van der Waals surface area (Å²) in [6.45, 7) is 8.36. The van der Waals surface area contributed by atoms with Gasteiger partial charge in [-0.25, -0.2) is 0 Å².